The van der Waals surface area contributed by atoms with Crippen LogP contribution in [0.1, 0.15) is 10.4 Å². The number of amides is 2. The molecule has 2 aromatic rings. The number of halogens is 1. The van der Waals surface area contributed by atoms with Crippen LogP contribution in [0.5, 0.6) is 0 Å². The van der Waals surface area contributed by atoms with Gasteiger partial charge in [0.1, 0.15) is 5.82 Å². The van der Waals surface area contributed by atoms with Gasteiger partial charge in [-0.2, -0.15) is 0 Å². The second-order valence-corrected chi connectivity index (χ2v) is 9.06. The van der Waals surface area contributed by atoms with Crippen LogP contribution < -0.4 is 10.0 Å². The molecule has 2 aromatic carbocycles. The van der Waals surface area contributed by atoms with Crippen LogP contribution in [0.4, 0.5) is 10.1 Å². The fraction of sp³-hybridized carbons (Fsp3) is 0.273. The maximum atomic E-state index is 13.2. The van der Waals surface area contributed by atoms with Crippen molar-refractivity contribution in [1.29, 1.82) is 0 Å². The highest BCUT2D eigenvalue weighted by Gasteiger charge is 2.24. The quantitative estimate of drug-likeness (QED) is 0.584. The number of nitrogens with one attached hydrogen (secondary N) is 2. The van der Waals surface area contributed by atoms with Gasteiger partial charge in [0.2, 0.25) is 15.9 Å². The van der Waals surface area contributed by atoms with Gasteiger partial charge in [0, 0.05) is 44.0 Å². The van der Waals surface area contributed by atoms with E-state index in [1.54, 1.807) is 17.0 Å². The molecule has 1 aliphatic heterocycles. The van der Waals surface area contributed by atoms with Gasteiger partial charge in [-0.05, 0) is 36.4 Å². The predicted octanol–water partition coefficient (Wildman–Crippen LogP) is 1.69. The number of sulfonamides is 1. The van der Waals surface area contributed by atoms with Crippen molar-refractivity contribution in [3.63, 3.8) is 0 Å². The third kappa shape index (κ3) is 6.22. The topological polar surface area (TPSA) is 98.8 Å². The molecule has 0 spiro atoms. The normalized spacial score (nSPS) is 14.7. The highest BCUT2D eigenvalue weighted by atomic mass is 32.2. The summed E-state index contributed by atoms with van der Waals surface area (Å²) < 4.78 is 40.2. The largest absolute Gasteiger partial charge is 0.336 e. The van der Waals surface area contributed by atoms with E-state index in [0.717, 1.165) is 0 Å². The molecule has 1 fully saturated rings. The first-order chi connectivity index (χ1) is 15.3. The fourth-order valence-corrected chi connectivity index (χ4v) is 4.35. The Morgan fingerprint density at radius 2 is 1.78 bits per heavy atom. The molecule has 0 atom stereocenters. The van der Waals surface area contributed by atoms with Crippen LogP contribution in [0.25, 0.3) is 0 Å². The zero-order valence-electron chi connectivity index (χ0n) is 17.5. The van der Waals surface area contributed by atoms with Crippen LogP contribution in [-0.4, -0.2) is 69.3 Å². The van der Waals surface area contributed by atoms with Gasteiger partial charge < -0.3 is 10.2 Å². The Kier molecular flexibility index (Phi) is 7.73. The van der Waals surface area contributed by atoms with Gasteiger partial charge in [0.15, 0.2) is 0 Å². The van der Waals surface area contributed by atoms with Crippen LogP contribution in [0, 0.1) is 5.82 Å². The molecule has 32 heavy (non-hydrogen) atoms. The lowest BCUT2D eigenvalue weighted by atomic mass is 10.2. The van der Waals surface area contributed by atoms with Gasteiger partial charge in [-0.25, -0.2) is 17.5 Å². The summed E-state index contributed by atoms with van der Waals surface area (Å²) in [5.74, 6) is -0.960. The van der Waals surface area contributed by atoms with Gasteiger partial charge in [-0.3, -0.25) is 14.5 Å². The van der Waals surface area contributed by atoms with Crippen LogP contribution in [0.2, 0.25) is 0 Å². The van der Waals surface area contributed by atoms with Crippen molar-refractivity contribution in [2.75, 3.05) is 44.6 Å². The minimum absolute atomic E-state index is 0.0119. The summed E-state index contributed by atoms with van der Waals surface area (Å²) in [7, 11) is -3.73. The fourth-order valence-electron chi connectivity index (χ4n) is 3.31. The van der Waals surface area contributed by atoms with E-state index in [2.05, 4.69) is 16.6 Å². The molecule has 2 N–H and O–H groups in total. The van der Waals surface area contributed by atoms with E-state index < -0.39 is 15.8 Å². The molecule has 0 aromatic heterocycles. The Hall–Kier alpha value is -3.08. The van der Waals surface area contributed by atoms with Crippen LogP contribution in [0.15, 0.2) is 66.1 Å². The standard InChI is InChI=1S/C22H25FN4O4S/c1-2-9-24-32(30,31)20-8-3-5-17(14-20)22(29)27-12-10-26(11-13-27)16-21(28)25-19-7-4-6-18(23)15-19/h2-8,14-15,24H,1,9-13,16H2,(H,25,28). The van der Waals surface area contributed by atoms with Crippen molar-refractivity contribution in [2.24, 2.45) is 0 Å². The number of nitrogens with zero attached hydrogens (tertiary/aromatic N) is 2. The Bertz CT molecular complexity index is 1100. The summed E-state index contributed by atoms with van der Waals surface area (Å²) in [6, 6.07) is 11.6. The van der Waals surface area contributed by atoms with Crippen molar-refractivity contribution in [1.82, 2.24) is 14.5 Å². The molecule has 1 saturated heterocycles. The van der Waals surface area contributed by atoms with Gasteiger partial charge in [0.05, 0.1) is 11.4 Å². The summed E-state index contributed by atoms with van der Waals surface area (Å²) in [4.78, 5) is 28.6. The average molecular weight is 461 g/mol. The van der Waals surface area contributed by atoms with Gasteiger partial charge in [0.25, 0.3) is 5.91 Å². The number of rotatable bonds is 8. The number of hydrogen-bond donors (Lipinski definition) is 2. The number of anilines is 1. The van der Waals surface area contributed by atoms with E-state index in [-0.39, 0.29) is 35.4 Å². The number of benzene rings is 2. The molecule has 1 heterocycles. The third-order valence-electron chi connectivity index (χ3n) is 4.94. The molecule has 10 heteroatoms. The molecule has 3 rings (SSSR count). The number of hydrogen-bond acceptors (Lipinski definition) is 5. The lowest BCUT2D eigenvalue weighted by molar-refractivity contribution is -0.117. The SMILES string of the molecule is C=CCNS(=O)(=O)c1cccc(C(=O)N2CCN(CC(=O)Nc3cccc(F)c3)CC2)c1. The lowest BCUT2D eigenvalue weighted by Gasteiger charge is -2.34. The average Bonchev–Trinajstić information content (AvgIpc) is 2.78. The Balaban J connectivity index is 1.55. The maximum absolute atomic E-state index is 13.2. The van der Waals surface area contributed by atoms with Crippen molar-refractivity contribution in [3.8, 4) is 0 Å². The van der Waals surface area contributed by atoms with E-state index in [1.807, 2.05) is 4.90 Å². The van der Waals surface area contributed by atoms with E-state index in [9.17, 15) is 22.4 Å². The Morgan fingerprint density at radius 3 is 2.47 bits per heavy atom. The molecule has 0 bridgehead atoms. The highest BCUT2D eigenvalue weighted by Crippen LogP contribution is 2.15. The monoisotopic (exact) mass is 460 g/mol. The molecule has 1 aliphatic rings. The van der Waals surface area contributed by atoms with Crippen LogP contribution >= 0.6 is 0 Å². The van der Waals surface area contributed by atoms with E-state index in [4.69, 9.17) is 0 Å². The van der Waals surface area contributed by atoms with E-state index in [0.29, 0.717) is 31.9 Å². The third-order valence-corrected chi connectivity index (χ3v) is 6.37. The smallest absolute Gasteiger partial charge is 0.253 e. The first-order valence-electron chi connectivity index (χ1n) is 10.1. The highest BCUT2D eigenvalue weighted by molar-refractivity contribution is 7.89. The molecule has 0 unspecified atom stereocenters. The maximum Gasteiger partial charge on any atom is 0.253 e. The number of carbonyl (C=O) groups is 2. The summed E-state index contributed by atoms with van der Waals surface area (Å²) in [5.41, 5.74) is 0.671. The van der Waals surface area contributed by atoms with Crippen molar-refractivity contribution in [2.45, 2.75) is 4.90 Å². The Morgan fingerprint density at radius 1 is 1.06 bits per heavy atom. The van der Waals surface area contributed by atoms with E-state index >= 15 is 0 Å². The molecule has 0 aliphatic carbocycles. The van der Waals surface area contributed by atoms with Crippen molar-refractivity contribution < 1.29 is 22.4 Å². The summed E-state index contributed by atoms with van der Waals surface area (Å²) >= 11 is 0. The molecular formula is C22H25FN4O4S. The number of carbonyl (C=O) groups excluding carboxylic acids is 2. The Labute approximate surface area is 186 Å². The number of piperazine rings is 1. The second-order valence-electron chi connectivity index (χ2n) is 7.30. The van der Waals surface area contributed by atoms with Crippen molar-refractivity contribution in [3.05, 3.63) is 72.6 Å². The van der Waals surface area contributed by atoms with Gasteiger partial charge >= 0.3 is 0 Å². The minimum atomic E-state index is -3.73. The minimum Gasteiger partial charge on any atom is -0.336 e. The van der Waals surface area contributed by atoms with Crippen LogP contribution in [-0.2, 0) is 14.8 Å². The van der Waals surface area contributed by atoms with Gasteiger partial charge in [-0.15, -0.1) is 6.58 Å². The zero-order chi connectivity index (χ0) is 23.1. The lowest BCUT2D eigenvalue weighted by Crippen LogP contribution is -2.50. The first-order valence-corrected chi connectivity index (χ1v) is 11.5. The van der Waals surface area contributed by atoms with Gasteiger partial charge in [-0.1, -0.05) is 18.2 Å². The molecule has 170 valence electrons. The van der Waals surface area contributed by atoms with E-state index in [1.165, 1.54) is 42.5 Å². The molecule has 8 nitrogen and oxygen atoms in total. The predicted molar refractivity (Wildman–Crippen MR) is 119 cm³/mol. The summed E-state index contributed by atoms with van der Waals surface area (Å²) in [6.45, 7) is 5.48. The summed E-state index contributed by atoms with van der Waals surface area (Å²) in [6.07, 6.45) is 1.43. The molecule has 2 amide bonds. The van der Waals surface area contributed by atoms with Crippen molar-refractivity contribution >= 4 is 27.5 Å². The zero-order valence-corrected chi connectivity index (χ0v) is 18.3. The molecular weight excluding hydrogens is 435 g/mol. The summed E-state index contributed by atoms with van der Waals surface area (Å²) in [5, 5.41) is 2.65. The second kappa shape index (κ2) is 10.5. The first kappa shape index (κ1) is 23.6. The molecule has 0 radical (unpaired) electrons. The van der Waals surface area contributed by atoms with Crippen LogP contribution in [0.3, 0.4) is 0 Å². The molecule has 0 saturated carbocycles.